The van der Waals surface area contributed by atoms with E-state index in [0.717, 1.165) is 9.13 Å². The molecule has 1 atom stereocenters. The number of halogens is 1. The number of alkyl carbamates (subject to hydrolysis) is 1. The maximum atomic E-state index is 11.8. The molecule has 6 nitrogen and oxygen atoms in total. The SMILES string of the molecule is [3H]C(Cc1ccc(Oc2ccc(OCOC)cc2)c(I)c1)NC(=O)OC(C)(C)C. The van der Waals surface area contributed by atoms with Gasteiger partial charge in [0.2, 0.25) is 0 Å². The molecule has 0 radical (unpaired) electrons. The summed E-state index contributed by atoms with van der Waals surface area (Å²) in [6.45, 7) is 4.75. The van der Waals surface area contributed by atoms with E-state index in [9.17, 15) is 4.79 Å². The summed E-state index contributed by atoms with van der Waals surface area (Å²) in [5.74, 6) is 2.09. The van der Waals surface area contributed by atoms with Crippen LogP contribution in [-0.4, -0.2) is 32.1 Å². The van der Waals surface area contributed by atoms with E-state index in [-0.39, 0.29) is 6.79 Å². The van der Waals surface area contributed by atoms with Crippen LogP contribution in [0.4, 0.5) is 4.79 Å². The number of benzene rings is 2. The van der Waals surface area contributed by atoms with Gasteiger partial charge in [0.05, 0.1) is 3.57 Å². The summed E-state index contributed by atoms with van der Waals surface area (Å²) in [5, 5.41) is 2.53. The largest absolute Gasteiger partial charge is 0.468 e. The van der Waals surface area contributed by atoms with Crippen molar-refractivity contribution in [3.8, 4) is 17.2 Å². The highest BCUT2D eigenvalue weighted by Gasteiger charge is 2.15. The van der Waals surface area contributed by atoms with E-state index < -0.39 is 18.2 Å². The van der Waals surface area contributed by atoms with Gasteiger partial charge in [-0.05, 0) is 91.7 Å². The Hall–Kier alpha value is -2.00. The second-order valence-corrected chi connectivity index (χ2v) is 8.11. The van der Waals surface area contributed by atoms with Crippen LogP contribution >= 0.6 is 22.6 Å². The highest BCUT2D eigenvalue weighted by Crippen LogP contribution is 2.29. The van der Waals surface area contributed by atoms with Crippen LogP contribution in [0.1, 0.15) is 27.7 Å². The van der Waals surface area contributed by atoms with E-state index in [1.54, 1.807) is 27.9 Å². The predicted octanol–water partition coefficient (Wildman–Crippen LogP) is 5.13. The van der Waals surface area contributed by atoms with Crippen LogP contribution in [-0.2, 0) is 15.9 Å². The number of carbonyl (C=O) groups is 1. The molecule has 0 aliphatic heterocycles. The summed E-state index contributed by atoms with van der Waals surface area (Å²) < 4.78 is 30.3. The second-order valence-electron chi connectivity index (χ2n) is 6.94. The molecule has 0 spiro atoms. The van der Waals surface area contributed by atoms with Crippen molar-refractivity contribution in [2.75, 3.05) is 20.4 Å². The molecule has 152 valence electrons. The topological polar surface area (TPSA) is 66.0 Å². The van der Waals surface area contributed by atoms with E-state index >= 15 is 0 Å². The van der Waals surface area contributed by atoms with Crippen molar-refractivity contribution < 1.29 is 25.1 Å². The van der Waals surface area contributed by atoms with Crippen molar-refractivity contribution >= 4 is 28.7 Å². The van der Waals surface area contributed by atoms with Gasteiger partial charge in [-0.15, -0.1) is 0 Å². The minimum absolute atomic E-state index is 0.194. The fraction of sp³-hybridized carbons (Fsp3) is 0.381. The van der Waals surface area contributed by atoms with Gasteiger partial charge in [0, 0.05) is 15.0 Å². The molecule has 7 heteroatoms. The van der Waals surface area contributed by atoms with Gasteiger partial charge in [-0.1, -0.05) is 6.07 Å². The van der Waals surface area contributed by atoms with Gasteiger partial charge in [-0.25, -0.2) is 4.79 Å². The third-order valence-electron chi connectivity index (χ3n) is 3.35. The molecule has 0 saturated heterocycles. The van der Waals surface area contributed by atoms with Gasteiger partial charge in [0.15, 0.2) is 6.79 Å². The highest BCUT2D eigenvalue weighted by atomic mass is 127. The van der Waals surface area contributed by atoms with Crippen LogP contribution in [0.15, 0.2) is 42.5 Å². The Kier molecular flexibility index (Phi) is 7.79. The van der Waals surface area contributed by atoms with E-state index in [1.807, 2.05) is 42.5 Å². The molecular formula is C21H26INO5. The molecule has 2 rings (SSSR count). The molecule has 1 amide bonds. The molecule has 2 aromatic carbocycles. The van der Waals surface area contributed by atoms with E-state index in [2.05, 4.69) is 27.9 Å². The number of hydrogen-bond donors (Lipinski definition) is 1. The minimum atomic E-state index is -0.799. The summed E-state index contributed by atoms with van der Waals surface area (Å²) in [7, 11) is 1.57. The van der Waals surface area contributed by atoms with Crippen molar-refractivity contribution in [1.82, 2.24) is 5.32 Å². The van der Waals surface area contributed by atoms with Gasteiger partial charge in [-0.2, -0.15) is 0 Å². The maximum Gasteiger partial charge on any atom is 0.407 e. The van der Waals surface area contributed by atoms with Crippen molar-refractivity contribution in [3.63, 3.8) is 0 Å². The van der Waals surface area contributed by atoms with Crippen LogP contribution in [0.25, 0.3) is 0 Å². The Balaban J connectivity index is 1.93. The van der Waals surface area contributed by atoms with Crippen LogP contribution in [0.2, 0.25) is 0 Å². The number of amides is 1. The molecule has 0 fully saturated rings. The number of nitrogens with one attached hydrogen (secondary N) is 1. The first-order valence-electron chi connectivity index (χ1n) is 9.34. The molecule has 0 aromatic heterocycles. The van der Waals surface area contributed by atoms with E-state index in [0.29, 0.717) is 23.7 Å². The lowest BCUT2D eigenvalue weighted by molar-refractivity contribution is 0.0510. The molecule has 28 heavy (non-hydrogen) atoms. The summed E-state index contributed by atoms with van der Waals surface area (Å²) in [4.78, 5) is 11.8. The summed E-state index contributed by atoms with van der Waals surface area (Å²) >= 11 is 2.19. The van der Waals surface area contributed by atoms with Crippen LogP contribution in [0.5, 0.6) is 17.2 Å². The number of carbonyl (C=O) groups excluding carboxylic acids is 1. The fourth-order valence-corrected chi connectivity index (χ4v) is 2.86. The molecule has 1 unspecified atom stereocenters. The monoisotopic (exact) mass is 501 g/mol. The van der Waals surface area contributed by atoms with Gasteiger partial charge in [0.25, 0.3) is 0 Å². The van der Waals surface area contributed by atoms with Crippen molar-refractivity contribution in [1.29, 1.82) is 0 Å². The summed E-state index contributed by atoms with van der Waals surface area (Å²) in [6.07, 6.45) is -0.230. The molecule has 0 heterocycles. The summed E-state index contributed by atoms with van der Waals surface area (Å²) in [5.41, 5.74) is 0.327. The first-order valence-corrected chi connectivity index (χ1v) is 9.84. The molecule has 0 bridgehead atoms. The zero-order valence-corrected chi connectivity index (χ0v) is 18.6. The van der Waals surface area contributed by atoms with Crippen molar-refractivity contribution in [2.45, 2.75) is 32.8 Å². The quantitative estimate of drug-likeness (QED) is 0.401. The van der Waals surface area contributed by atoms with Crippen LogP contribution in [0, 0.1) is 3.57 Å². The standard InChI is InChI=1S/C21H26INO5/c1-21(2,3)28-20(24)23-12-11-15-5-10-19(18(22)13-15)27-17-8-6-16(7-9-17)26-14-25-4/h5-10,13H,11-12,14H2,1-4H3,(H,23,24)/i12T. The van der Waals surface area contributed by atoms with Gasteiger partial charge in [-0.3, -0.25) is 0 Å². The van der Waals surface area contributed by atoms with Crippen LogP contribution < -0.4 is 14.8 Å². The zero-order valence-electron chi connectivity index (χ0n) is 17.5. The maximum absolute atomic E-state index is 11.8. The van der Waals surface area contributed by atoms with Crippen molar-refractivity contribution in [3.05, 3.63) is 51.6 Å². The predicted molar refractivity (Wildman–Crippen MR) is 116 cm³/mol. The third-order valence-corrected chi connectivity index (χ3v) is 4.19. The Morgan fingerprint density at radius 2 is 1.82 bits per heavy atom. The first kappa shape index (κ1) is 20.7. The number of hydrogen-bond acceptors (Lipinski definition) is 5. The normalized spacial score (nSPS) is 12.7. The molecular weight excluding hydrogens is 473 g/mol. The van der Waals surface area contributed by atoms with Gasteiger partial charge < -0.3 is 24.3 Å². The average Bonchev–Trinajstić information content (AvgIpc) is 2.61. The zero-order chi connectivity index (χ0) is 21.4. The van der Waals surface area contributed by atoms with Crippen molar-refractivity contribution in [2.24, 2.45) is 0 Å². The van der Waals surface area contributed by atoms with Crippen LogP contribution in [0.3, 0.4) is 0 Å². The number of rotatable bonds is 8. The molecule has 0 aliphatic rings. The summed E-state index contributed by atoms with van der Waals surface area (Å²) in [6, 6.07) is 12.9. The van der Waals surface area contributed by atoms with Gasteiger partial charge >= 0.3 is 6.09 Å². The number of ether oxygens (including phenoxy) is 4. The van der Waals surface area contributed by atoms with E-state index in [4.69, 9.17) is 20.3 Å². The fourth-order valence-electron chi connectivity index (χ4n) is 2.17. The van der Waals surface area contributed by atoms with E-state index in [1.165, 1.54) is 0 Å². The smallest absolute Gasteiger partial charge is 0.407 e. The Morgan fingerprint density at radius 3 is 2.43 bits per heavy atom. The molecule has 0 saturated carbocycles. The Labute approximate surface area is 181 Å². The Morgan fingerprint density at radius 1 is 1.14 bits per heavy atom. The Bertz CT molecular complexity index is 808. The molecule has 2 aromatic rings. The highest BCUT2D eigenvalue weighted by molar-refractivity contribution is 14.1. The third kappa shape index (κ3) is 7.93. The number of methoxy groups -OCH3 is 1. The molecule has 1 N–H and O–H groups in total. The lowest BCUT2D eigenvalue weighted by atomic mass is 10.1. The minimum Gasteiger partial charge on any atom is -0.468 e. The second kappa shape index (κ2) is 10.5. The lowest BCUT2D eigenvalue weighted by Crippen LogP contribution is -2.33. The average molecular weight is 501 g/mol. The molecule has 0 aliphatic carbocycles. The number of aryl methyl sites for hydroxylation is 1. The lowest BCUT2D eigenvalue weighted by Gasteiger charge is -2.19. The van der Waals surface area contributed by atoms with Gasteiger partial charge in [0.1, 0.15) is 22.8 Å². The first-order chi connectivity index (χ1) is 13.7.